The highest BCUT2D eigenvalue weighted by molar-refractivity contribution is 5.68. The van der Waals surface area contributed by atoms with E-state index in [1.54, 1.807) is 18.5 Å². The molecule has 1 atom stereocenters. The summed E-state index contributed by atoms with van der Waals surface area (Å²) < 4.78 is 5.22. The van der Waals surface area contributed by atoms with Gasteiger partial charge in [0.25, 0.3) is 0 Å². The van der Waals surface area contributed by atoms with E-state index in [2.05, 4.69) is 15.3 Å². The van der Waals surface area contributed by atoms with Crippen LogP contribution < -0.4 is 5.32 Å². The number of aromatic nitrogens is 2. The maximum Gasteiger partial charge on any atom is 0.407 e. The van der Waals surface area contributed by atoms with E-state index in [-0.39, 0.29) is 6.04 Å². The van der Waals surface area contributed by atoms with Gasteiger partial charge in [-0.3, -0.25) is 0 Å². The Hall–Kier alpha value is -1.65. The molecule has 0 radical (unpaired) electrons. The molecular formula is C13H21N3O2. The fraction of sp³-hybridized carbons (Fsp3) is 0.615. The first kappa shape index (κ1) is 14.4. The van der Waals surface area contributed by atoms with Crippen LogP contribution in [0.3, 0.4) is 0 Å². The fourth-order valence-corrected chi connectivity index (χ4v) is 1.43. The first-order valence-electron chi connectivity index (χ1n) is 6.16. The molecule has 1 heterocycles. The number of hydrogen-bond acceptors (Lipinski definition) is 4. The number of amides is 1. The number of nitrogens with zero attached hydrogens (tertiary/aromatic N) is 2. The number of carbonyl (C=O) groups is 1. The van der Waals surface area contributed by atoms with Gasteiger partial charge in [-0.2, -0.15) is 0 Å². The molecule has 0 saturated carbocycles. The highest BCUT2D eigenvalue weighted by atomic mass is 16.6. The maximum absolute atomic E-state index is 11.6. The first-order chi connectivity index (χ1) is 8.40. The van der Waals surface area contributed by atoms with Gasteiger partial charge < -0.3 is 10.1 Å². The molecule has 1 aromatic rings. The van der Waals surface area contributed by atoms with Gasteiger partial charge in [0.2, 0.25) is 0 Å². The van der Waals surface area contributed by atoms with Crippen LogP contribution in [0, 0.1) is 0 Å². The van der Waals surface area contributed by atoms with Crippen molar-refractivity contribution in [1.29, 1.82) is 0 Å². The molecule has 0 aromatic carbocycles. The van der Waals surface area contributed by atoms with E-state index in [0.29, 0.717) is 6.42 Å². The lowest BCUT2D eigenvalue weighted by Gasteiger charge is -2.22. The molecule has 1 amide bonds. The average Bonchev–Trinajstić information content (AvgIpc) is 2.27. The molecule has 5 nitrogen and oxygen atoms in total. The Kier molecular flexibility index (Phi) is 5.07. The van der Waals surface area contributed by atoms with Gasteiger partial charge in [-0.15, -0.1) is 0 Å². The van der Waals surface area contributed by atoms with E-state index in [9.17, 15) is 4.79 Å². The molecule has 0 aliphatic heterocycles. The zero-order chi connectivity index (χ0) is 13.6. The molecule has 1 N–H and O–H groups in total. The van der Waals surface area contributed by atoms with Crippen molar-refractivity contribution in [2.45, 2.75) is 52.2 Å². The second-order valence-corrected chi connectivity index (χ2v) is 5.12. The van der Waals surface area contributed by atoms with E-state index in [1.165, 1.54) is 0 Å². The van der Waals surface area contributed by atoms with Crippen molar-refractivity contribution in [3.8, 4) is 0 Å². The Labute approximate surface area is 108 Å². The standard InChI is InChI=1S/C13H21N3O2/c1-5-10(9-11-14-7-6-8-15-11)16-12(17)18-13(2,3)4/h6-8,10H,5,9H2,1-4H3,(H,16,17)/t10-/m1/s1. The summed E-state index contributed by atoms with van der Waals surface area (Å²) in [5, 5.41) is 2.83. The largest absolute Gasteiger partial charge is 0.444 e. The number of rotatable bonds is 4. The molecule has 0 aliphatic carbocycles. The van der Waals surface area contributed by atoms with Crippen molar-refractivity contribution >= 4 is 6.09 Å². The molecule has 1 aromatic heterocycles. The third-order valence-electron chi connectivity index (χ3n) is 2.26. The SMILES string of the molecule is CC[C@H](Cc1ncccn1)NC(=O)OC(C)(C)C. The minimum absolute atomic E-state index is 0.0118. The van der Waals surface area contributed by atoms with Crippen LogP contribution in [-0.2, 0) is 11.2 Å². The highest BCUT2D eigenvalue weighted by Gasteiger charge is 2.19. The quantitative estimate of drug-likeness (QED) is 0.892. The van der Waals surface area contributed by atoms with Crippen molar-refractivity contribution < 1.29 is 9.53 Å². The average molecular weight is 251 g/mol. The van der Waals surface area contributed by atoms with Gasteiger partial charge in [-0.25, -0.2) is 14.8 Å². The maximum atomic E-state index is 11.6. The molecule has 0 saturated heterocycles. The van der Waals surface area contributed by atoms with Crippen LogP contribution in [-0.4, -0.2) is 27.7 Å². The minimum atomic E-state index is -0.481. The van der Waals surface area contributed by atoms with Gasteiger partial charge in [-0.1, -0.05) is 6.92 Å². The van der Waals surface area contributed by atoms with Crippen LogP contribution in [0.1, 0.15) is 39.9 Å². The Balaban J connectivity index is 2.50. The Morgan fingerprint density at radius 2 is 2.00 bits per heavy atom. The van der Waals surface area contributed by atoms with Crippen molar-refractivity contribution in [3.63, 3.8) is 0 Å². The summed E-state index contributed by atoms with van der Waals surface area (Å²) in [5.74, 6) is 0.723. The fourth-order valence-electron chi connectivity index (χ4n) is 1.43. The number of carbonyl (C=O) groups excluding carboxylic acids is 1. The molecule has 0 aliphatic rings. The molecule has 1 rings (SSSR count). The second-order valence-electron chi connectivity index (χ2n) is 5.12. The molecule has 5 heteroatoms. The van der Waals surface area contributed by atoms with E-state index >= 15 is 0 Å². The predicted molar refractivity (Wildman–Crippen MR) is 69.2 cm³/mol. The topological polar surface area (TPSA) is 64.1 Å². The van der Waals surface area contributed by atoms with Crippen LogP contribution in [0.25, 0.3) is 0 Å². The van der Waals surface area contributed by atoms with E-state index in [4.69, 9.17) is 4.74 Å². The lowest BCUT2D eigenvalue weighted by Crippen LogP contribution is -2.40. The summed E-state index contributed by atoms with van der Waals surface area (Å²) in [6, 6.07) is 1.76. The van der Waals surface area contributed by atoms with Crippen molar-refractivity contribution in [3.05, 3.63) is 24.3 Å². The van der Waals surface area contributed by atoms with Gasteiger partial charge in [0.1, 0.15) is 11.4 Å². The minimum Gasteiger partial charge on any atom is -0.444 e. The second kappa shape index (κ2) is 6.33. The first-order valence-corrected chi connectivity index (χ1v) is 6.16. The summed E-state index contributed by atoms with van der Waals surface area (Å²) in [4.78, 5) is 19.9. The summed E-state index contributed by atoms with van der Waals surface area (Å²) in [6.45, 7) is 7.53. The van der Waals surface area contributed by atoms with Crippen LogP contribution in [0.2, 0.25) is 0 Å². The number of alkyl carbamates (subject to hydrolysis) is 1. The van der Waals surface area contributed by atoms with Gasteiger partial charge in [-0.05, 0) is 33.3 Å². The predicted octanol–water partition coefficient (Wildman–Crippen LogP) is 2.32. The molecule has 0 spiro atoms. The monoisotopic (exact) mass is 251 g/mol. The molecule has 0 fully saturated rings. The smallest absolute Gasteiger partial charge is 0.407 e. The number of hydrogen-bond donors (Lipinski definition) is 1. The van der Waals surface area contributed by atoms with E-state index < -0.39 is 11.7 Å². The third-order valence-corrected chi connectivity index (χ3v) is 2.26. The Morgan fingerprint density at radius 1 is 1.39 bits per heavy atom. The normalized spacial score (nSPS) is 12.9. The van der Waals surface area contributed by atoms with Gasteiger partial charge in [0, 0.05) is 24.9 Å². The van der Waals surface area contributed by atoms with Crippen molar-refractivity contribution in [2.75, 3.05) is 0 Å². The summed E-state index contributed by atoms with van der Waals surface area (Å²) in [5.41, 5.74) is -0.481. The lowest BCUT2D eigenvalue weighted by molar-refractivity contribution is 0.0502. The van der Waals surface area contributed by atoms with Crippen LogP contribution in [0.4, 0.5) is 4.79 Å². The summed E-state index contributed by atoms with van der Waals surface area (Å²) in [7, 11) is 0. The zero-order valence-electron chi connectivity index (χ0n) is 11.4. The van der Waals surface area contributed by atoms with Gasteiger partial charge in [0.15, 0.2) is 0 Å². The molecule has 0 unspecified atom stereocenters. The summed E-state index contributed by atoms with van der Waals surface area (Å²) >= 11 is 0. The highest BCUT2D eigenvalue weighted by Crippen LogP contribution is 2.08. The number of nitrogens with one attached hydrogen (secondary N) is 1. The molecule has 18 heavy (non-hydrogen) atoms. The Morgan fingerprint density at radius 3 is 2.50 bits per heavy atom. The van der Waals surface area contributed by atoms with Crippen LogP contribution in [0.15, 0.2) is 18.5 Å². The van der Waals surface area contributed by atoms with Crippen LogP contribution >= 0.6 is 0 Å². The van der Waals surface area contributed by atoms with Gasteiger partial charge in [0.05, 0.1) is 0 Å². The molecule has 0 bridgehead atoms. The lowest BCUT2D eigenvalue weighted by atomic mass is 10.1. The van der Waals surface area contributed by atoms with E-state index in [1.807, 2.05) is 27.7 Å². The van der Waals surface area contributed by atoms with E-state index in [0.717, 1.165) is 12.2 Å². The summed E-state index contributed by atoms with van der Waals surface area (Å²) in [6.07, 6.45) is 4.41. The zero-order valence-corrected chi connectivity index (χ0v) is 11.4. The van der Waals surface area contributed by atoms with Crippen LogP contribution in [0.5, 0.6) is 0 Å². The third kappa shape index (κ3) is 5.61. The number of ether oxygens (including phenoxy) is 1. The van der Waals surface area contributed by atoms with Gasteiger partial charge >= 0.3 is 6.09 Å². The molecular weight excluding hydrogens is 230 g/mol. The van der Waals surface area contributed by atoms with Crippen molar-refractivity contribution in [1.82, 2.24) is 15.3 Å². The van der Waals surface area contributed by atoms with Crippen molar-refractivity contribution in [2.24, 2.45) is 0 Å². The Bertz CT molecular complexity index is 374. The molecule has 100 valence electrons.